The average molecular weight is 318 g/mol. The number of rotatable bonds is 3. The maximum absolute atomic E-state index is 14.1. The van der Waals surface area contributed by atoms with E-state index < -0.39 is 7.14 Å². The summed E-state index contributed by atoms with van der Waals surface area (Å²) in [6, 6.07) is 28.8. The lowest BCUT2D eigenvalue weighted by Crippen LogP contribution is -2.23. The molecule has 0 aliphatic carbocycles. The Morgan fingerprint density at radius 2 is 1.17 bits per heavy atom. The molecule has 23 heavy (non-hydrogen) atoms. The Labute approximate surface area is 134 Å². The van der Waals surface area contributed by atoms with Crippen LogP contribution in [0.3, 0.4) is 0 Å². The smallest absolute Gasteiger partial charge is 0.204 e. The molecule has 0 radical (unpaired) electrons. The molecule has 1 heterocycles. The van der Waals surface area contributed by atoms with Crippen molar-refractivity contribution in [2.75, 3.05) is 0 Å². The third-order valence-electron chi connectivity index (χ3n) is 3.96. The summed E-state index contributed by atoms with van der Waals surface area (Å²) < 4.78 is 20.1. The van der Waals surface area contributed by atoms with Crippen molar-refractivity contribution in [3.8, 4) is 0 Å². The zero-order valence-corrected chi connectivity index (χ0v) is 13.3. The quantitative estimate of drug-likeness (QED) is 0.533. The van der Waals surface area contributed by atoms with Crippen molar-refractivity contribution in [3.63, 3.8) is 0 Å². The highest BCUT2D eigenvalue weighted by atomic mass is 31.2. The molecule has 0 fully saturated rings. The van der Waals surface area contributed by atoms with Crippen LogP contribution in [0, 0.1) is 0 Å². The molecule has 2 nitrogen and oxygen atoms in total. The molecule has 0 atom stereocenters. The van der Waals surface area contributed by atoms with Gasteiger partial charge in [0.2, 0.25) is 7.14 Å². The van der Waals surface area contributed by atoms with Gasteiger partial charge in [-0.15, -0.1) is 0 Å². The van der Waals surface area contributed by atoms with Gasteiger partial charge in [0.15, 0.2) is 5.50 Å². The van der Waals surface area contributed by atoms with Gasteiger partial charge in [0.25, 0.3) is 0 Å². The molecule has 4 aromatic rings. The van der Waals surface area contributed by atoms with Crippen molar-refractivity contribution in [2.45, 2.75) is 0 Å². The molecule has 3 heteroatoms. The van der Waals surface area contributed by atoms with E-state index in [2.05, 4.69) is 0 Å². The molecular weight excluding hydrogens is 303 g/mol. The predicted octanol–water partition coefficient (Wildman–Crippen LogP) is 4.07. The SMILES string of the molecule is O=P(c1ccccc1)(c1ccccc1)c1cc2ccccc2o1. The molecule has 0 saturated heterocycles. The van der Waals surface area contributed by atoms with E-state index in [1.165, 1.54) is 0 Å². The van der Waals surface area contributed by atoms with Gasteiger partial charge in [0, 0.05) is 16.0 Å². The Bertz CT molecular complexity index is 911. The van der Waals surface area contributed by atoms with Crippen LogP contribution < -0.4 is 16.1 Å². The third-order valence-corrected chi connectivity index (χ3v) is 6.85. The maximum Gasteiger partial charge on any atom is 0.204 e. The number of furan rings is 1. The fourth-order valence-corrected chi connectivity index (χ4v) is 5.34. The zero-order valence-electron chi connectivity index (χ0n) is 12.4. The molecule has 0 spiro atoms. The van der Waals surface area contributed by atoms with Gasteiger partial charge in [-0.25, -0.2) is 0 Å². The number of fused-ring (bicyclic) bond motifs is 1. The zero-order chi connectivity index (χ0) is 15.7. The predicted molar refractivity (Wildman–Crippen MR) is 95.6 cm³/mol. The largest absolute Gasteiger partial charge is 0.452 e. The van der Waals surface area contributed by atoms with Crippen LogP contribution in [0.4, 0.5) is 0 Å². The fraction of sp³-hybridized carbons (Fsp3) is 0. The summed E-state index contributed by atoms with van der Waals surface area (Å²) in [6.07, 6.45) is 0. The van der Waals surface area contributed by atoms with E-state index in [0.717, 1.165) is 21.6 Å². The minimum Gasteiger partial charge on any atom is -0.452 e. The first-order valence-electron chi connectivity index (χ1n) is 7.49. The number of hydrogen-bond donors (Lipinski definition) is 0. The monoisotopic (exact) mass is 318 g/mol. The summed E-state index contributed by atoms with van der Waals surface area (Å²) in [5.41, 5.74) is 1.28. The van der Waals surface area contributed by atoms with E-state index in [1.54, 1.807) is 0 Å². The van der Waals surface area contributed by atoms with Crippen molar-refractivity contribution >= 4 is 34.2 Å². The van der Waals surface area contributed by atoms with Gasteiger partial charge in [-0.3, -0.25) is 0 Å². The van der Waals surface area contributed by atoms with Crippen LogP contribution in [0.1, 0.15) is 0 Å². The van der Waals surface area contributed by atoms with Gasteiger partial charge in [-0.2, -0.15) is 0 Å². The molecule has 0 N–H and O–H groups in total. The number of benzene rings is 3. The van der Waals surface area contributed by atoms with E-state index in [4.69, 9.17) is 4.42 Å². The van der Waals surface area contributed by atoms with Crippen molar-refractivity contribution < 1.29 is 8.98 Å². The van der Waals surface area contributed by atoms with Crippen LogP contribution in [0.15, 0.2) is 95.4 Å². The van der Waals surface area contributed by atoms with Crippen molar-refractivity contribution in [2.24, 2.45) is 0 Å². The first-order chi connectivity index (χ1) is 11.3. The molecule has 0 unspecified atom stereocenters. The summed E-state index contributed by atoms with van der Waals surface area (Å²) in [7, 11) is -3.02. The minimum absolute atomic E-state index is 0.524. The molecule has 4 rings (SSSR count). The lowest BCUT2D eigenvalue weighted by Gasteiger charge is -2.16. The average Bonchev–Trinajstić information content (AvgIpc) is 3.07. The van der Waals surface area contributed by atoms with E-state index in [1.807, 2.05) is 91.0 Å². The number of hydrogen-bond acceptors (Lipinski definition) is 2. The van der Waals surface area contributed by atoms with Gasteiger partial charge in [-0.05, 0) is 12.1 Å². The Kier molecular flexibility index (Phi) is 3.40. The van der Waals surface area contributed by atoms with Crippen LogP contribution in [0.2, 0.25) is 0 Å². The van der Waals surface area contributed by atoms with Gasteiger partial charge in [-0.1, -0.05) is 78.9 Å². The first kappa shape index (κ1) is 14.0. The summed E-state index contributed by atoms with van der Waals surface area (Å²) in [5, 5.41) is 2.53. The lowest BCUT2D eigenvalue weighted by atomic mass is 10.3. The third kappa shape index (κ3) is 2.32. The first-order valence-corrected chi connectivity index (χ1v) is 9.19. The second kappa shape index (κ2) is 5.57. The topological polar surface area (TPSA) is 30.2 Å². The van der Waals surface area contributed by atoms with Crippen LogP contribution in [-0.2, 0) is 4.57 Å². The molecule has 1 aromatic heterocycles. The molecule has 0 aliphatic heterocycles. The number of para-hydroxylation sites is 1. The van der Waals surface area contributed by atoms with Crippen LogP contribution >= 0.6 is 7.14 Å². The fourth-order valence-electron chi connectivity index (χ4n) is 2.80. The van der Waals surface area contributed by atoms with Gasteiger partial charge >= 0.3 is 0 Å². The van der Waals surface area contributed by atoms with Crippen LogP contribution in [0.5, 0.6) is 0 Å². The molecule has 112 valence electrons. The van der Waals surface area contributed by atoms with Crippen LogP contribution in [-0.4, -0.2) is 0 Å². The molecular formula is C20H15O2P. The highest BCUT2D eigenvalue weighted by molar-refractivity contribution is 7.85. The Morgan fingerprint density at radius 1 is 0.652 bits per heavy atom. The van der Waals surface area contributed by atoms with Gasteiger partial charge in [0.1, 0.15) is 5.58 Å². The summed E-state index contributed by atoms with van der Waals surface area (Å²) >= 11 is 0. The van der Waals surface area contributed by atoms with E-state index in [-0.39, 0.29) is 0 Å². The molecule has 0 bridgehead atoms. The summed E-state index contributed by atoms with van der Waals surface area (Å²) in [6.45, 7) is 0. The molecule has 3 aromatic carbocycles. The van der Waals surface area contributed by atoms with Gasteiger partial charge < -0.3 is 8.98 Å². The van der Waals surface area contributed by atoms with E-state index >= 15 is 0 Å². The Morgan fingerprint density at radius 3 is 1.74 bits per heavy atom. The molecule has 0 amide bonds. The Hall–Kier alpha value is -2.57. The highest BCUT2D eigenvalue weighted by Gasteiger charge is 2.33. The summed E-state index contributed by atoms with van der Waals surface area (Å²) in [4.78, 5) is 0. The van der Waals surface area contributed by atoms with Gasteiger partial charge in [0.05, 0.1) is 0 Å². The standard InChI is InChI=1S/C20H15O2P/c21-23(17-10-3-1-4-11-17,18-12-5-2-6-13-18)20-15-16-9-7-8-14-19(16)22-20/h1-15H. The second-order valence-electron chi connectivity index (χ2n) is 5.40. The second-order valence-corrected chi connectivity index (χ2v) is 8.09. The minimum atomic E-state index is -3.02. The van der Waals surface area contributed by atoms with Crippen molar-refractivity contribution in [3.05, 3.63) is 91.0 Å². The highest BCUT2D eigenvalue weighted by Crippen LogP contribution is 2.43. The van der Waals surface area contributed by atoms with Crippen LogP contribution in [0.25, 0.3) is 11.0 Å². The Balaban J connectivity index is 2.01. The van der Waals surface area contributed by atoms with Crippen molar-refractivity contribution in [1.29, 1.82) is 0 Å². The molecule has 0 saturated carbocycles. The summed E-state index contributed by atoms with van der Waals surface area (Å²) in [5.74, 6) is 0. The lowest BCUT2D eigenvalue weighted by molar-refractivity contribution is 0.580. The molecule has 0 aliphatic rings. The van der Waals surface area contributed by atoms with Crippen molar-refractivity contribution in [1.82, 2.24) is 0 Å². The maximum atomic E-state index is 14.1. The van der Waals surface area contributed by atoms with E-state index in [0.29, 0.717) is 5.50 Å². The normalized spacial score (nSPS) is 11.7. The van der Waals surface area contributed by atoms with E-state index in [9.17, 15) is 4.57 Å².